The van der Waals surface area contributed by atoms with Crippen LogP contribution in [0.1, 0.15) is 28.4 Å². The predicted molar refractivity (Wildman–Crippen MR) is 89.7 cm³/mol. The van der Waals surface area contributed by atoms with Crippen molar-refractivity contribution in [1.82, 2.24) is 5.32 Å². The number of alkyl halides is 3. The Morgan fingerprint density at radius 2 is 1.77 bits per heavy atom. The molecule has 5 nitrogen and oxygen atoms in total. The first kappa shape index (κ1) is 19.3. The van der Waals surface area contributed by atoms with Gasteiger partial charge in [-0.2, -0.15) is 13.2 Å². The first-order valence-electron chi connectivity index (χ1n) is 7.77. The molecule has 2 amide bonds. The third-order valence-corrected chi connectivity index (χ3v) is 3.36. The number of carbonyl (C=O) groups excluding carboxylic acids is 2. The molecule has 0 aliphatic heterocycles. The third kappa shape index (κ3) is 5.51. The number of amides is 2. The van der Waals surface area contributed by atoms with Gasteiger partial charge < -0.3 is 15.4 Å². The summed E-state index contributed by atoms with van der Waals surface area (Å²) >= 11 is 0. The molecule has 2 rings (SSSR count). The summed E-state index contributed by atoms with van der Waals surface area (Å²) in [6.45, 7) is 1.90. The van der Waals surface area contributed by atoms with Gasteiger partial charge in [0.25, 0.3) is 0 Å². The summed E-state index contributed by atoms with van der Waals surface area (Å²) in [5.41, 5.74) is 0.334. The quantitative estimate of drug-likeness (QED) is 0.779. The van der Waals surface area contributed by atoms with Crippen LogP contribution in [0.15, 0.2) is 48.5 Å². The van der Waals surface area contributed by atoms with Crippen LogP contribution in [-0.4, -0.2) is 18.6 Å². The van der Waals surface area contributed by atoms with Gasteiger partial charge in [-0.1, -0.05) is 12.1 Å². The van der Waals surface area contributed by atoms with Crippen LogP contribution in [0.5, 0.6) is 0 Å². The average Bonchev–Trinajstić information content (AvgIpc) is 2.60. The zero-order chi connectivity index (χ0) is 19.2. The minimum Gasteiger partial charge on any atom is -0.462 e. The lowest BCUT2D eigenvalue weighted by Crippen LogP contribution is -2.28. The summed E-state index contributed by atoms with van der Waals surface area (Å²) in [6, 6.07) is 10.2. The second kappa shape index (κ2) is 8.37. The molecule has 0 fully saturated rings. The van der Waals surface area contributed by atoms with E-state index in [9.17, 15) is 22.8 Å². The van der Waals surface area contributed by atoms with Gasteiger partial charge in [-0.25, -0.2) is 9.59 Å². The van der Waals surface area contributed by atoms with E-state index in [-0.39, 0.29) is 13.2 Å². The molecule has 2 aromatic rings. The van der Waals surface area contributed by atoms with Crippen LogP contribution in [0.4, 0.5) is 23.7 Å². The first-order chi connectivity index (χ1) is 12.3. The molecule has 2 aromatic carbocycles. The molecule has 0 bridgehead atoms. The van der Waals surface area contributed by atoms with E-state index in [1.54, 1.807) is 6.92 Å². The molecule has 0 aliphatic carbocycles. The molecule has 0 saturated heterocycles. The van der Waals surface area contributed by atoms with Crippen molar-refractivity contribution in [3.8, 4) is 0 Å². The molecule has 0 atom stereocenters. The first-order valence-corrected chi connectivity index (χ1v) is 7.77. The van der Waals surface area contributed by atoms with E-state index in [0.29, 0.717) is 16.8 Å². The maximum absolute atomic E-state index is 12.7. The van der Waals surface area contributed by atoms with Gasteiger partial charge in [-0.05, 0) is 48.9 Å². The molecular formula is C18H17F3N2O3. The maximum Gasteiger partial charge on any atom is 0.416 e. The topological polar surface area (TPSA) is 67.4 Å². The fourth-order valence-corrected chi connectivity index (χ4v) is 2.12. The Bertz CT molecular complexity index is 774. The summed E-state index contributed by atoms with van der Waals surface area (Å²) in [4.78, 5) is 23.4. The van der Waals surface area contributed by atoms with Crippen LogP contribution in [0.3, 0.4) is 0 Å². The number of nitrogens with one attached hydrogen (secondary N) is 2. The van der Waals surface area contributed by atoms with Gasteiger partial charge >= 0.3 is 18.2 Å². The molecule has 2 N–H and O–H groups in total. The summed E-state index contributed by atoms with van der Waals surface area (Å²) in [6.07, 6.45) is -4.43. The van der Waals surface area contributed by atoms with Crippen LogP contribution >= 0.6 is 0 Å². The van der Waals surface area contributed by atoms with Crippen molar-refractivity contribution in [3.63, 3.8) is 0 Å². The number of halogens is 3. The highest BCUT2D eigenvalue weighted by molar-refractivity contribution is 5.92. The Morgan fingerprint density at radius 1 is 1.08 bits per heavy atom. The van der Waals surface area contributed by atoms with Crippen LogP contribution in [0, 0.1) is 0 Å². The van der Waals surface area contributed by atoms with Gasteiger partial charge in [-0.3, -0.25) is 0 Å². The largest absolute Gasteiger partial charge is 0.462 e. The van der Waals surface area contributed by atoms with E-state index in [4.69, 9.17) is 4.74 Å². The molecule has 0 spiro atoms. The van der Waals surface area contributed by atoms with Crippen molar-refractivity contribution in [3.05, 3.63) is 65.2 Å². The van der Waals surface area contributed by atoms with E-state index < -0.39 is 23.7 Å². The highest BCUT2D eigenvalue weighted by Gasteiger charge is 2.30. The molecule has 0 aromatic heterocycles. The number of hydrogen-bond donors (Lipinski definition) is 2. The van der Waals surface area contributed by atoms with Crippen molar-refractivity contribution >= 4 is 17.7 Å². The SMILES string of the molecule is CCOC(=O)c1ccc(NC(=O)NCc2cccc(C(F)(F)F)c2)cc1. The lowest BCUT2D eigenvalue weighted by atomic mass is 10.1. The highest BCUT2D eigenvalue weighted by Crippen LogP contribution is 2.29. The lowest BCUT2D eigenvalue weighted by Gasteiger charge is -2.10. The zero-order valence-electron chi connectivity index (χ0n) is 13.9. The zero-order valence-corrected chi connectivity index (χ0v) is 13.9. The van der Waals surface area contributed by atoms with Gasteiger partial charge in [-0.15, -0.1) is 0 Å². The van der Waals surface area contributed by atoms with Gasteiger partial charge in [0.1, 0.15) is 0 Å². The maximum atomic E-state index is 12.7. The normalized spacial score (nSPS) is 10.9. The summed E-state index contributed by atoms with van der Waals surface area (Å²) in [5, 5.41) is 5.01. The summed E-state index contributed by atoms with van der Waals surface area (Å²) in [7, 11) is 0. The number of anilines is 1. The van der Waals surface area contributed by atoms with Crippen LogP contribution < -0.4 is 10.6 Å². The van der Waals surface area contributed by atoms with Crippen molar-refractivity contribution in [1.29, 1.82) is 0 Å². The number of ether oxygens (including phenoxy) is 1. The van der Waals surface area contributed by atoms with Gasteiger partial charge in [0.05, 0.1) is 17.7 Å². The average molecular weight is 366 g/mol. The molecule has 0 saturated carbocycles. The Kier molecular flexibility index (Phi) is 6.21. The number of benzene rings is 2. The van der Waals surface area contributed by atoms with Crippen LogP contribution in [0.25, 0.3) is 0 Å². The van der Waals surface area contributed by atoms with E-state index in [2.05, 4.69) is 10.6 Å². The van der Waals surface area contributed by atoms with E-state index >= 15 is 0 Å². The van der Waals surface area contributed by atoms with E-state index in [1.807, 2.05) is 0 Å². The standard InChI is InChI=1S/C18H17F3N2O3/c1-2-26-16(24)13-6-8-15(9-7-13)23-17(25)22-11-12-4-3-5-14(10-12)18(19,20)21/h3-10H,2,11H2,1H3,(H2,22,23,25). The lowest BCUT2D eigenvalue weighted by molar-refractivity contribution is -0.137. The van der Waals surface area contributed by atoms with Gasteiger partial charge in [0.15, 0.2) is 0 Å². The second-order valence-corrected chi connectivity index (χ2v) is 5.30. The Hall–Kier alpha value is -3.03. The molecule has 0 unspecified atom stereocenters. The van der Waals surface area contributed by atoms with Crippen LogP contribution in [0.2, 0.25) is 0 Å². The molecule has 26 heavy (non-hydrogen) atoms. The van der Waals surface area contributed by atoms with E-state index in [0.717, 1.165) is 12.1 Å². The van der Waals surface area contributed by atoms with Gasteiger partial charge in [0, 0.05) is 12.2 Å². The van der Waals surface area contributed by atoms with Crippen molar-refractivity contribution in [2.75, 3.05) is 11.9 Å². The molecule has 0 heterocycles. The smallest absolute Gasteiger partial charge is 0.416 e. The molecular weight excluding hydrogens is 349 g/mol. The minimum atomic E-state index is -4.43. The van der Waals surface area contributed by atoms with Crippen molar-refractivity contribution in [2.45, 2.75) is 19.6 Å². The van der Waals surface area contributed by atoms with Crippen molar-refractivity contribution in [2.24, 2.45) is 0 Å². The third-order valence-electron chi connectivity index (χ3n) is 3.36. The number of rotatable bonds is 5. The summed E-state index contributed by atoms with van der Waals surface area (Å²) < 4.78 is 42.8. The highest BCUT2D eigenvalue weighted by atomic mass is 19.4. The molecule has 138 valence electrons. The predicted octanol–water partition coefficient (Wildman–Crippen LogP) is 4.20. The Labute approximate surface area is 148 Å². The fourth-order valence-electron chi connectivity index (χ4n) is 2.12. The number of hydrogen-bond acceptors (Lipinski definition) is 3. The monoisotopic (exact) mass is 366 g/mol. The number of esters is 1. The number of carbonyl (C=O) groups is 2. The van der Waals surface area contributed by atoms with Crippen molar-refractivity contribution < 1.29 is 27.5 Å². The Balaban J connectivity index is 1.90. The number of urea groups is 1. The molecule has 8 heteroatoms. The second-order valence-electron chi connectivity index (χ2n) is 5.30. The molecule has 0 radical (unpaired) electrons. The van der Waals surface area contributed by atoms with E-state index in [1.165, 1.54) is 36.4 Å². The molecule has 0 aliphatic rings. The Morgan fingerprint density at radius 3 is 2.38 bits per heavy atom. The summed E-state index contributed by atoms with van der Waals surface area (Å²) in [5.74, 6) is -0.465. The van der Waals surface area contributed by atoms with Gasteiger partial charge in [0.2, 0.25) is 0 Å². The van der Waals surface area contributed by atoms with Crippen LogP contribution in [-0.2, 0) is 17.5 Å². The fraction of sp³-hybridized carbons (Fsp3) is 0.222. The minimum absolute atomic E-state index is 0.0589.